The fraction of sp³-hybridized carbons (Fsp3) is 0.632. The van der Waals surface area contributed by atoms with Gasteiger partial charge >= 0.3 is 5.97 Å². The number of aliphatic hydroxyl groups is 1. The van der Waals surface area contributed by atoms with Gasteiger partial charge in [0.05, 0.1) is 11.5 Å². The molecule has 0 aliphatic heterocycles. The summed E-state index contributed by atoms with van der Waals surface area (Å²) in [5.74, 6) is -0.558. The van der Waals surface area contributed by atoms with E-state index in [9.17, 15) is 15.0 Å². The van der Waals surface area contributed by atoms with E-state index in [2.05, 4.69) is 12.1 Å². The summed E-state index contributed by atoms with van der Waals surface area (Å²) in [5, 5.41) is 20.8. The van der Waals surface area contributed by atoms with Gasteiger partial charge in [0.1, 0.15) is 0 Å². The number of carboxylic acids is 1. The van der Waals surface area contributed by atoms with Crippen LogP contribution >= 0.6 is 0 Å². The third-order valence-electron chi connectivity index (χ3n) is 5.98. The first-order chi connectivity index (χ1) is 10.6. The predicted molar refractivity (Wildman–Crippen MR) is 85.5 cm³/mol. The molecule has 3 atom stereocenters. The number of hydrogen-bond acceptors (Lipinski definition) is 2. The van der Waals surface area contributed by atoms with Gasteiger partial charge in [0.25, 0.3) is 0 Å². The molecule has 0 aromatic heterocycles. The zero-order valence-electron chi connectivity index (χ0n) is 13.1. The Bertz CT molecular complexity index is 507. The first-order valence-corrected chi connectivity index (χ1v) is 8.60. The van der Waals surface area contributed by atoms with E-state index in [1.54, 1.807) is 0 Å². The van der Waals surface area contributed by atoms with Crippen molar-refractivity contribution in [3.05, 3.63) is 35.9 Å². The molecule has 2 aliphatic carbocycles. The maximum Gasteiger partial charge on any atom is 0.312 e. The summed E-state index contributed by atoms with van der Waals surface area (Å²) >= 11 is 0. The van der Waals surface area contributed by atoms with Gasteiger partial charge in [-0.25, -0.2) is 0 Å². The second-order valence-electron chi connectivity index (χ2n) is 7.11. The minimum absolute atomic E-state index is 0.0698. The number of carboxylic acid groups (broad SMARTS) is 1. The van der Waals surface area contributed by atoms with E-state index in [1.165, 1.54) is 12.0 Å². The van der Waals surface area contributed by atoms with Crippen LogP contribution in [0.25, 0.3) is 0 Å². The molecule has 0 saturated heterocycles. The molecule has 2 fully saturated rings. The molecular weight excluding hydrogens is 276 g/mol. The lowest BCUT2D eigenvalue weighted by molar-refractivity contribution is -0.162. The van der Waals surface area contributed by atoms with E-state index in [4.69, 9.17) is 0 Å². The van der Waals surface area contributed by atoms with Crippen LogP contribution in [0.15, 0.2) is 30.3 Å². The normalized spacial score (nSPS) is 33.0. The zero-order chi connectivity index (χ0) is 15.6. The summed E-state index contributed by atoms with van der Waals surface area (Å²) in [6.07, 6.45) is 6.85. The summed E-state index contributed by atoms with van der Waals surface area (Å²) in [4.78, 5) is 12.1. The summed E-state index contributed by atoms with van der Waals surface area (Å²) in [5.41, 5.74) is 0.288. The minimum Gasteiger partial charge on any atom is -0.481 e. The molecule has 0 heterocycles. The number of aliphatic carboxylic acids is 1. The highest BCUT2D eigenvalue weighted by molar-refractivity contribution is 5.76. The second kappa shape index (κ2) is 6.41. The van der Waals surface area contributed by atoms with E-state index in [1.807, 2.05) is 18.2 Å². The Morgan fingerprint density at radius 3 is 2.41 bits per heavy atom. The summed E-state index contributed by atoms with van der Waals surface area (Å²) < 4.78 is 0. The van der Waals surface area contributed by atoms with Gasteiger partial charge in [0, 0.05) is 0 Å². The molecule has 0 spiro atoms. The van der Waals surface area contributed by atoms with Crippen molar-refractivity contribution in [3.63, 3.8) is 0 Å². The van der Waals surface area contributed by atoms with Gasteiger partial charge in [0.15, 0.2) is 0 Å². The average Bonchev–Trinajstić information content (AvgIpc) is 2.87. The predicted octanol–water partition coefficient (Wildman–Crippen LogP) is 3.65. The fourth-order valence-electron chi connectivity index (χ4n) is 4.75. The third kappa shape index (κ3) is 2.67. The minimum atomic E-state index is -0.903. The van der Waals surface area contributed by atoms with Crippen molar-refractivity contribution in [3.8, 4) is 0 Å². The first-order valence-electron chi connectivity index (χ1n) is 8.60. The van der Waals surface area contributed by atoms with Crippen LogP contribution in [0.4, 0.5) is 0 Å². The molecule has 120 valence electrons. The number of rotatable bonds is 4. The molecule has 0 amide bonds. The number of carbonyl (C=O) groups is 1. The van der Waals surface area contributed by atoms with Crippen molar-refractivity contribution in [2.45, 2.75) is 57.5 Å². The van der Waals surface area contributed by atoms with Gasteiger partial charge in [-0.1, -0.05) is 49.6 Å². The Hall–Kier alpha value is -1.35. The lowest BCUT2D eigenvalue weighted by Crippen LogP contribution is -2.47. The topological polar surface area (TPSA) is 57.5 Å². The molecule has 1 aromatic carbocycles. The summed E-state index contributed by atoms with van der Waals surface area (Å²) in [7, 11) is 0. The number of aliphatic hydroxyl groups excluding tert-OH is 1. The molecule has 0 unspecified atom stereocenters. The lowest BCUT2D eigenvalue weighted by atomic mass is 9.65. The SMILES string of the molecule is O=C(O)[C@@]1(C2CCCCC2)CC[C@@H](Cc2ccccc2)[C@@H]1O. The fourth-order valence-corrected chi connectivity index (χ4v) is 4.75. The van der Waals surface area contributed by atoms with Crippen LogP contribution in [-0.2, 0) is 11.2 Å². The van der Waals surface area contributed by atoms with Gasteiger partial charge < -0.3 is 10.2 Å². The Balaban J connectivity index is 1.79. The van der Waals surface area contributed by atoms with Crippen LogP contribution in [0.3, 0.4) is 0 Å². The molecule has 0 radical (unpaired) electrons. The molecule has 3 rings (SSSR count). The monoisotopic (exact) mass is 302 g/mol. The Labute approximate surface area is 132 Å². The Morgan fingerprint density at radius 2 is 1.77 bits per heavy atom. The van der Waals surface area contributed by atoms with E-state index >= 15 is 0 Å². The van der Waals surface area contributed by atoms with Crippen molar-refractivity contribution >= 4 is 5.97 Å². The molecule has 1 aromatic rings. The summed E-state index contributed by atoms with van der Waals surface area (Å²) in [6.45, 7) is 0. The molecule has 3 heteroatoms. The van der Waals surface area contributed by atoms with E-state index in [-0.39, 0.29) is 11.8 Å². The van der Waals surface area contributed by atoms with E-state index < -0.39 is 17.5 Å². The third-order valence-corrected chi connectivity index (χ3v) is 5.98. The van der Waals surface area contributed by atoms with Crippen LogP contribution < -0.4 is 0 Å². The van der Waals surface area contributed by atoms with Crippen molar-refractivity contribution < 1.29 is 15.0 Å². The van der Waals surface area contributed by atoms with Crippen LogP contribution in [0.1, 0.15) is 50.5 Å². The highest BCUT2D eigenvalue weighted by atomic mass is 16.4. The van der Waals surface area contributed by atoms with E-state index in [0.29, 0.717) is 6.42 Å². The molecule has 2 aliphatic rings. The molecular formula is C19H26O3. The van der Waals surface area contributed by atoms with Crippen molar-refractivity contribution in [2.24, 2.45) is 17.3 Å². The smallest absolute Gasteiger partial charge is 0.312 e. The zero-order valence-corrected chi connectivity index (χ0v) is 13.1. The summed E-state index contributed by atoms with van der Waals surface area (Å²) in [6, 6.07) is 10.1. The van der Waals surface area contributed by atoms with Crippen molar-refractivity contribution in [1.82, 2.24) is 0 Å². The van der Waals surface area contributed by atoms with Crippen LogP contribution in [0, 0.1) is 17.3 Å². The Kier molecular flexibility index (Phi) is 4.53. The lowest BCUT2D eigenvalue weighted by Gasteiger charge is -2.39. The van der Waals surface area contributed by atoms with Crippen molar-refractivity contribution in [1.29, 1.82) is 0 Å². The van der Waals surface area contributed by atoms with Gasteiger partial charge in [0.2, 0.25) is 0 Å². The largest absolute Gasteiger partial charge is 0.481 e. The van der Waals surface area contributed by atoms with Crippen LogP contribution in [0.5, 0.6) is 0 Å². The molecule has 2 saturated carbocycles. The van der Waals surface area contributed by atoms with Gasteiger partial charge in [-0.2, -0.15) is 0 Å². The second-order valence-corrected chi connectivity index (χ2v) is 7.11. The van der Waals surface area contributed by atoms with Gasteiger partial charge in [-0.15, -0.1) is 0 Å². The highest BCUT2D eigenvalue weighted by Gasteiger charge is 2.57. The van der Waals surface area contributed by atoms with Crippen LogP contribution in [-0.4, -0.2) is 22.3 Å². The quantitative estimate of drug-likeness (QED) is 0.892. The molecule has 0 bridgehead atoms. The van der Waals surface area contributed by atoms with Gasteiger partial charge in [-0.3, -0.25) is 4.79 Å². The van der Waals surface area contributed by atoms with Crippen molar-refractivity contribution in [2.75, 3.05) is 0 Å². The Morgan fingerprint density at radius 1 is 1.09 bits per heavy atom. The highest BCUT2D eigenvalue weighted by Crippen LogP contribution is 2.52. The standard InChI is InChI=1S/C19H26O3/c20-17-15(13-14-7-3-1-4-8-14)11-12-19(17,18(21)22)16-9-5-2-6-10-16/h1,3-4,7-8,15-17,20H,2,5-6,9-13H2,(H,21,22)/t15-,17-,19+/m0/s1. The molecule has 3 nitrogen and oxygen atoms in total. The maximum absolute atomic E-state index is 12.1. The first kappa shape index (κ1) is 15.5. The average molecular weight is 302 g/mol. The number of hydrogen-bond donors (Lipinski definition) is 2. The van der Waals surface area contributed by atoms with Gasteiger partial charge in [-0.05, 0) is 49.5 Å². The maximum atomic E-state index is 12.1. The van der Waals surface area contributed by atoms with Crippen LogP contribution in [0.2, 0.25) is 0 Å². The molecule has 22 heavy (non-hydrogen) atoms. The molecule has 2 N–H and O–H groups in total. The van der Waals surface area contributed by atoms with E-state index in [0.717, 1.165) is 38.5 Å². The number of benzene rings is 1.